The molecule has 0 spiro atoms. The predicted molar refractivity (Wildman–Crippen MR) is 108 cm³/mol. The molecule has 1 heterocycles. The van der Waals surface area contributed by atoms with Gasteiger partial charge in [-0.1, -0.05) is 36.7 Å². The Morgan fingerprint density at radius 2 is 2.09 bits per heavy atom. The summed E-state index contributed by atoms with van der Waals surface area (Å²) in [5.74, 6) is 1.27. The van der Waals surface area contributed by atoms with Gasteiger partial charge >= 0.3 is 0 Å². The minimum Gasteiger partial charge on any atom is -0.356 e. The molecule has 6 heteroatoms. The molecule has 1 aromatic carbocycles. The highest BCUT2D eigenvalue weighted by Crippen LogP contribution is 2.19. The van der Waals surface area contributed by atoms with E-state index in [-0.39, 0.29) is 24.0 Å². The van der Waals surface area contributed by atoms with Crippen LogP contribution in [0, 0.1) is 0 Å². The average Bonchev–Trinajstić information content (AvgIpc) is 3.01. The van der Waals surface area contributed by atoms with Gasteiger partial charge < -0.3 is 10.6 Å². The molecule has 22 heavy (non-hydrogen) atoms. The van der Waals surface area contributed by atoms with Crippen molar-refractivity contribution in [1.29, 1.82) is 0 Å². The second kappa shape index (κ2) is 10.1. The summed E-state index contributed by atoms with van der Waals surface area (Å²) < 4.78 is 0. The summed E-state index contributed by atoms with van der Waals surface area (Å²) in [7, 11) is 1.78. The third-order valence-corrected chi connectivity index (χ3v) is 4.52. The van der Waals surface area contributed by atoms with E-state index in [1.165, 1.54) is 4.88 Å². The van der Waals surface area contributed by atoms with Gasteiger partial charge in [0.2, 0.25) is 0 Å². The first-order valence-corrected chi connectivity index (χ1v) is 8.17. The van der Waals surface area contributed by atoms with Gasteiger partial charge in [-0.25, -0.2) is 0 Å². The van der Waals surface area contributed by atoms with E-state index in [0.717, 1.165) is 23.1 Å². The Kier molecular flexibility index (Phi) is 8.82. The number of hydrogen-bond acceptors (Lipinski definition) is 2. The minimum atomic E-state index is 0. The van der Waals surface area contributed by atoms with E-state index in [9.17, 15) is 0 Å². The van der Waals surface area contributed by atoms with Crippen molar-refractivity contribution in [2.45, 2.75) is 19.4 Å². The van der Waals surface area contributed by atoms with Crippen molar-refractivity contribution in [2.75, 3.05) is 13.6 Å². The number of halogens is 2. The zero-order chi connectivity index (χ0) is 15.1. The second-order valence-electron chi connectivity index (χ2n) is 4.85. The van der Waals surface area contributed by atoms with Gasteiger partial charge in [0.15, 0.2) is 5.96 Å². The van der Waals surface area contributed by atoms with Crippen LogP contribution in [0.1, 0.15) is 23.3 Å². The van der Waals surface area contributed by atoms with Crippen LogP contribution in [0.25, 0.3) is 0 Å². The van der Waals surface area contributed by atoms with Crippen molar-refractivity contribution in [3.05, 3.63) is 57.2 Å². The molecule has 120 valence electrons. The van der Waals surface area contributed by atoms with Crippen LogP contribution in [0.15, 0.2) is 46.8 Å². The number of guanidine groups is 1. The molecule has 1 unspecified atom stereocenters. The summed E-state index contributed by atoms with van der Waals surface area (Å²) in [6, 6.07) is 12.1. The standard InChI is InChI=1S/C16H20ClN3S.HI/c1-12(15-7-4-8-21-15)10-19-16(18-2)20-11-13-5-3-6-14(17)9-13;/h3-9,12H,10-11H2,1-2H3,(H2,18,19,20);1H. The van der Waals surface area contributed by atoms with Crippen molar-refractivity contribution >= 4 is 52.9 Å². The zero-order valence-electron chi connectivity index (χ0n) is 12.7. The third kappa shape index (κ3) is 6.14. The van der Waals surface area contributed by atoms with E-state index in [1.807, 2.05) is 24.3 Å². The van der Waals surface area contributed by atoms with Gasteiger partial charge in [0.05, 0.1) is 0 Å². The Labute approximate surface area is 158 Å². The molecule has 0 bridgehead atoms. The van der Waals surface area contributed by atoms with Crippen molar-refractivity contribution < 1.29 is 0 Å². The van der Waals surface area contributed by atoms with Crippen molar-refractivity contribution in [3.8, 4) is 0 Å². The monoisotopic (exact) mass is 449 g/mol. The molecule has 1 atom stereocenters. The molecule has 0 radical (unpaired) electrons. The first-order valence-electron chi connectivity index (χ1n) is 6.91. The molecular formula is C16H21ClIN3S. The van der Waals surface area contributed by atoms with Gasteiger partial charge in [-0.05, 0) is 29.1 Å². The quantitative estimate of drug-likeness (QED) is 0.401. The summed E-state index contributed by atoms with van der Waals surface area (Å²) in [5.41, 5.74) is 1.14. The van der Waals surface area contributed by atoms with E-state index >= 15 is 0 Å². The number of rotatable bonds is 5. The molecule has 0 aliphatic carbocycles. The molecule has 0 fully saturated rings. The number of hydrogen-bond donors (Lipinski definition) is 2. The minimum absolute atomic E-state index is 0. The smallest absolute Gasteiger partial charge is 0.191 e. The first-order chi connectivity index (χ1) is 10.2. The molecule has 0 saturated carbocycles. The van der Waals surface area contributed by atoms with Gasteiger partial charge in [-0.2, -0.15) is 0 Å². The lowest BCUT2D eigenvalue weighted by molar-refractivity contribution is 0.708. The predicted octanol–water partition coefficient (Wildman–Crippen LogP) is 4.49. The van der Waals surface area contributed by atoms with Gasteiger partial charge in [0, 0.05) is 36.0 Å². The Morgan fingerprint density at radius 3 is 2.73 bits per heavy atom. The van der Waals surface area contributed by atoms with Crippen LogP contribution in [-0.4, -0.2) is 19.6 Å². The molecule has 0 saturated heterocycles. The topological polar surface area (TPSA) is 36.4 Å². The van der Waals surface area contributed by atoms with Crippen LogP contribution in [0.5, 0.6) is 0 Å². The summed E-state index contributed by atoms with van der Waals surface area (Å²) in [4.78, 5) is 5.63. The maximum Gasteiger partial charge on any atom is 0.191 e. The SMILES string of the molecule is CN=C(NCc1cccc(Cl)c1)NCC(C)c1cccs1.I. The molecule has 0 aliphatic heterocycles. The number of nitrogens with zero attached hydrogens (tertiary/aromatic N) is 1. The van der Waals surface area contributed by atoms with Gasteiger partial charge in [0.1, 0.15) is 0 Å². The Morgan fingerprint density at radius 1 is 1.27 bits per heavy atom. The third-order valence-electron chi connectivity index (χ3n) is 3.18. The lowest BCUT2D eigenvalue weighted by Crippen LogP contribution is -2.38. The fraction of sp³-hybridized carbons (Fsp3) is 0.312. The van der Waals surface area contributed by atoms with Crippen molar-refractivity contribution in [3.63, 3.8) is 0 Å². The lowest BCUT2D eigenvalue weighted by atomic mass is 10.1. The number of benzene rings is 1. The first kappa shape index (κ1) is 19.3. The highest BCUT2D eigenvalue weighted by molar-refractivity contribution is 14.0. The molecular weight excluding hydrogens is 429 g/mol. The van der Waals surface area contributed by atoms with E-state index in [4.69, 9.17) is 11.6 Å². The van der Waals surface area contributed by atoms with Crippen LogP contribution in [0.2, 0.25) is 5.02 Å². The molecule has 2 N–H and O–H groups in total. The fourth-order valence-electron chi connectivity index (χ4n) is 1.98. The van der Waals surface area contributed by atoms with E-state index in [0.29, 0.717) is 12.5 Å². The molecule has 3 nitrogen and oxygen atoms in total. The fourth-order valence-corrected chi connectivity index (χ4v) is 2.98. The number of thiophene rings is 1. The molecule has 0 amide bonds. The number of nitrogens with one attached hydrogen (secondary N) is 2. The Bertz CT molecular complexity index is 587. The maximum atomic E-state index is 5.98. The highest BCUT2D eigenvalue weighted by atomic mass is 127. The van der Waals surface area contributed by atoms with E-state index < -0.39 is 0 Å². The maximum absolute atomic E-state index is 5.98. The van der Waals surface area contributed by atoms with E-state index in [2.05, 4.69) is 40.1 Å². The normalized spacial score (nSPS) is 12.4. The van der Waals surface area contributed by atoms with Gasteiger partial charge in [-0.3, -0.25) is 4.99 Å². The van der Waals surface area contributed by atoms with Crippen LogP contribution in [0.3, 0.4) is 0 Å². The van der Waals surface area contributed by atoms with Crippen LogP contribution < -0.4 is 10.6 Å². The summed E-state index contributed by atoms with van der Waals surface area (Å²) >= 11 is 7.77. The van der Waals surface area contributed by atoms with Gasteiger partial charge in [-0.15, -0.1) is 35.3 Å². The second-order valence-corrected chi connectivity index (χ2v) is 6.27. The number of aliphatic imine (C=N–C) groups is 1. The van der Waals surface area contributed by atoms with Crippen LogP contribution >= 0.6 is 46.9 Å². The molecule has 1 aromatic heterocycles. The molecule has 0 aliphatic rings. The van der Waals surface area contributed by atoms with Gasteiger partial charge in [0.25, 0.3) is 0 Å². The average molecular weight is 450 g/mol. The van der Waals surface area contributed by atoms with Crippen molar-refractivity contribution in [2.24, 2.45) is 4.99 Å². The summed E-state index contributed by atoms with van der Waals surface area (Å²) in [6.45, 7) is 3.77. The van der Waals surface area contributed by atoms with E-state index in [1.54, 1.807) is 18.4 Å². The van der Waals surface area contributed by atoms with Crippen LogP contribution in [-0.2, 0) is 6.54 Å². The molecule has 2 rings (SSSR count). The summed E-state index contributed by atoms with van der Waals surface area (Å²) in [5, 5.41) is 9.51. The Balaban J connectivity index is 0.00000242. The Hall–Kier alpha value is -0.790. The summed E-state index contributed by atoms with van der Waals surface area (Å²) in [6.07, 6.45) is 0. The van der Waals surface area contributed by atoms with Crippen LogP contribution in [0.4, 0.5) is 0 Å². The zero-order valence-corrected chi connectivity index (χ0v) is 16.6. The van der Waals surface area contributed by atoms with Crippen molar-refractivity contribution in [1.82, 2.24) is 10.6 Å². The highest BCUT2D eigenvalue weighted by Gasteiger charge is 2.07. The molecule has 2 aromatic rings. The largest absolute Gasteiger partial charge is 0.356 e. The lowest BCUT2D eigenvalue weighted by Gasteiger charge is -2.15.